The number of aryl methyl sites for hydroxylation is 1. The van der Waals surface area contributed by atoms with Crippen molar-refractivity contribution in [2.24, 2.45) is 0 Å². The van der Waals surface area contributed by atoms with Crippen molar-refractivity contribution in [1.29, 1.82) is 0 Å². The van der Waals surface area contributed by atoms with Crippen LogP contribution in [0.25, 0.3) is 11.0 Å². The molecule has 0 saturated heterocycles. The fraction of sp³-hybridized carbons (Fsp3) is 0.154. The summed E-state index contributed by atoms with van der Waals surface area (Å²) < 4.78 is 5.57. The van der Waals surface area contributed by atoms with Gasteiger partial charge in [-0.05, 0) is 36.8 Å². The van der Waals surface area contributed by atoms with Crippen LogP contribution in [0.15, 0.2) is 84.9 Å². The lowest BCUT2D eigenvalue weighted by Crippen LogP contribution is -2.43. The zero-order valence-corrected chi connectivity index (χ0v) is 17.7. The summed E-state index contributed by atoms with van der Waals surface area (Å²) in [5, 5.41) is 2.81. The van der Waals surface area contributed by atoms with Crippen LogP contribution in [0.1, 0.15) is 27.3 Å². The topological polar surface area (TPSA) is 81.2 Å². The number of carbonyl (C=O) groups excluding carboxylic acids is 2. The molecule has 0 spiro atoms. The molecular weight excluding hydrogens is 402 g/mol. The van der Waals surface area contributed by atoms with Gasteiger partial charge in [-0.15, -0.1) is 0 Å². The largest absolute Gasteiger partial charge is 0.458 e. The number of esters is 1. The van der Waals surface area contributed by atoms with Crippen molar-refractivity contribution in [1.82, 2.24) is 15.3 Å². The third-order valence-corrected chi connectivity index (χ3v) is 5.10. The van der Waals surface area contributed by atoms with E-state index in [2.05, 4.69) is 15.3 Å². The van der Waals surface area contributed by atoms with Gasteiger partial charge in [0.25, 0.3) is 5.91 Å². The van der Waals surface area contributed by atoms with Crippen molar-refractivity contribution in [2.75, 3.05) is 0 Å². The molecule has 0 bridgehead atoms. The lowest BCUT2D eigenvalue weighted by molar-refractivity contribution is -0.147. The molecule has 0 radical (unpaired) electrons. The first-order valence-electron chi connectivity index (χ1n) is 10.4. The number of hydrogen-bond donors (Lipinski definition) is 1. The molecule has 1 aromatic heterocycles. The van der Waals surface area contributed by atoms with Gasteiger partial charge in [0.15, 0.2) is 0 Å². The summed E-state index contributed by atoms with van der Waals surface area (Å²) in [5.41, 5.74) is 4.22. The van der Waals surface area contributed by atoms with Crippen LogP contribution in [-0.4, -0.2) is 27.9 Å². The molecule has 0 saturated carbocycles. The second kappa shape index (κ2) is 9.83. The molecule has 6 heteroatoms. The molecule has 1 unspecified atom stereocenters. The summed E-state index contributed by atoms with van der Waals surface area (Å²) in [7, 11) is 0. The average Bonchev–Trinajstić information content (AvgIpc) is 2.83. The van der Waals surface area contributed by atoms with Crippen LogP contribution in [0.3, 0.4) is 0 Å². The van der Waals surface area contributed by atoms with Crippen molar-refractivity contribution in [3.63, 3.8) is 0 Å². The molecule has 3 aromatic carbocycles. The van der Waals surface area contributed by atoms with E-state index in [4.69, 9.17) is 4.74 Å². The number of ether oxygens (including phenoxy) is 1. The quantitative estimate of drug-likeness (QED) is 0.452. The Balaban J connectivity index is 1.50. The summed E-state index contributed by atoms with van der Waals surface area (Å²) >= 11 is 0. The van der Waals surface area contributed by atoms with Crippen molar-refractivity contribution in [3.8, 4) is 0 Å². The fourth-order valence-corrected chi connectivity index (χ4v) is 3.38. The van der Waals surface area contributed by atoms with Gasteiger partial charge >= 0.3 is 5.97 Å². The van der Waals surface area contributed by atoms with Crippen LogP contribution in [-0.2, 0) is 22.6 Å². The highest BCUT2D eigenvalue weighted by Gasteiger charge is 2.24. The van der Waals surface area contributed by atoms with Crippen LogP contribution in [0, 0.1) is 6.92 Å². The number of benzene rings is 3. The number of nitrogens with zero attached hydrogens (tertiary/aromatic N) is 2. The van der Waals surface area contributed by atoms with Gasteiger partial charge in [0.1, 0.15) is 12.6 Å². The maximum absolute atomic E-state index is 13.0. The molecule has 4 rings (SSSR count). The number of para-hydroxylation sites is 2. The molecule has 1 heterocycles. The normalized spacial score (nSPS) is 11.7. The van der Waals surface area contributed by atoms with Crippen LogP contribution >= 0.6 is 0 Å². The number of aromatic nitrogens is 2. The Hall–Kier alpha value is -4.06. The van der Waals surface area contributed by atoms with E-state index in [1.165, 1.54) is 0 Å². The molecule has 6 nitrogen and oxygen atoms in total. The van der Waals surface area contributed by atoms with Crippen molar-refractivity contribution in [3.05, 3.63) is 107 Å². The maximum Gasteiger partial charge on any atom is 0.329 e. The van der Waals surface area contributed by atoms with Crippen LogP contribution < -0.4 is 5.32 Å². The summed E-state index contributed by atoms with van der Waals surface area (Å²) in [6.07, 6.45) is 0.320. The second-order valence-corrected chi connectivity index (χ2v) is 7.43. The highest BCUT2D eigenvalue weighted by atomic mass is 16.5. The Kier molecular flexibility index (Phi) is 6.51. The van der Waals surface area contributed by atoms with Crippen LogP contribution in [0.4, 0.5) is 0 Å². The third kappa shape index (κ3) is 5.16. The van der Waals surface area contributed by atoms with Gasteiger partial charge in [0.05, 0.1) is 22.4 Å². The first kappa shape index (κ1) is 21.2. The smallest absolute Gasteiger partial charge is 0.329 e. The molecule has 1 amide bonds. The number of fused-ring (bicyclic) bond motifs is 1. The SMILES string of the molecule is Cc1nc2ccccc2nc1COC(=O)C(Cc1ccccc1)NC(=O)c1ccccc1. The fourth-order valence-electron chi connectivity index (χ4n) is 3.38. The number of nitrogens with one attached hydrogen (secondary N) is 1. The van der Waals surface area contributed by atoms with E-state index in [1.807, 2.05) is 67.6 Å². The van der Waals surface area contributed by atoms with E-state index in [-0.39, 0.29) is 12.5 Å². The molecular formula is C26H23N3O3. The monoisotopic (exact) mass is 425 g/mol. The molecule has 32 heavy (non-hydrogen) atoms. The number of amides is 1. The lowest BCUT2D eigenvalue weighted by Gasteiger charge is -2.18. The first-order valence-corrected chi connectivity index (χ1v) is 10.4. The van der Waals surface area contributed by atoms with E-state index < -0.39 is 12.0 Å². The van der Waals surface area contributed by atoms with Gasteiger partial charge in [0, 0.05) is 12.0 Å². The Morgan fingerprint density at radius 1 is 0.844 bits per heavy atom. The molecule has 1 atom stereocenters. The molecule has 0 aliphatic heterocycles. The van der Waals surface area contributed by atoms with Crippen LogP contribution in [0.5, 0.6) is 0 Å². The van der Waals surface area contributed by atoms with Gasteiger partial charge in [0.2, 0.25) is 0 Å². The number of carbonyl (C=O) groups is 2. The Bertz CT molecular complexity index is 1230. The van der Waals surface area contributed by atoms with Gasteiger partial charge in [-0.1, -0.05) is 60.7 Å². The van der Waals surface area contributed by atoms with E-state index in [0.29, 0.717) is 23.4 Å². The zero-order chi connectivity index (χ0) is 22.3. The first-order chi connectivity index (χ1) is 15.6. The summed E-state index contributed by atoms with van der Waals surface area (Å²) in [4.78, 5) is 34.8. The molecule has 1 N–H and O–H groups in total. The number of rotatable bonds is 7. The van der Waals surface area contributed by atoms with E-state index in [1.54, 1.807) is 24.3 Å². The third-order valence-electron chi connectivity index (χ3n) is 5.10. The zero-order valence-electron chi connectivity index (χ0n) is 17.7. The molecule has 0 aliphatic rings. The standard InChI is InChI=1S/C26H23N3O3/c1-18-24(28-22-15-9-8-14-21(22)27-18)17-32-26(31)23(16-19-10-4-2-5-11-19)29-25(30)20-12-6-3-7-13-20/h2-15,23H,16-17H2,1H3,(H,29,30). The van der Waals surface area contributed by atoms with Crippen molar-refractivity contribution >= 4 is 22.9 Å². The molecule has 0 aliphatic carbocycles. The Morgan fingerprint density at radius 3 is 2.12 bits per heavy atom. The highest BCUT2D eigenvalue weighted by Crippen LogP contribution is 2.14. The molecule has 0 fully saturated rings. The van der Waals surface area contributed by atoms with Crippen molar-refractivity contribution in [2.45, 2.75) is 26.0 Å². The van der Waals surface area contributed by atoms with Crippen molar-refractivity contribution < 1.29 is 14.3 Å². The summed E-state index contributed by atoms with van der Waals surface area (Å²) in [5.74, 6) is -0.849. The maximum atomic E-state index is 13.0. The minimum absolute atomic E-state index is 0.0189. The minimum Gasteiger partial charge on any atom is -0.458 e. The van der Waals surface area contributed by atoms with E-state index >= 15 is 0 Å². The van der Waals surface area contributed by atoms with E-state index in [9.17, 15) is 9.59 Å². The predicted molar refractivity (Wildman–Crippen MR) is 122 cm³/mol. The van der Waals surface area contributed by atoms with Gasteiger partial charge < -0.3 is 10.1 Å². The Labute approximate surface area is 186 Å². The summed E-state index contributed by atoms with van der Waals surface area (Å²) in [6.45, 7) is 1.82. The lowest BCUT2D eigenvalue weighted by atomic mass is 10.1. The molecule has 160 valence electrons. The van der Waals surface area contributed by atoms with Crippen LogP contribution in [0.2, 0.25) is 0 Å². The van der Waals surface area contributed by atoms with Gasteiger partial charge in [-0.3, -0.25) is 4.79 Å². The second-order valence-electron chi connectivity index (χ2n) is 7.43. The number of hydrogen-bond acceptors (Lipinski definition) is 5. The van der Waals surface area contributed by atoms with E-state index in [0.717, 1.165) is 16.6 Å². The minimum atomic E-state index is -0.834. The van der Waals surface area contributed by atoms with Gasteiger partial charge in [-0.25, -0.2) is 14.8 Å². The average molecular weight is 425 g/mol. The summed E-state index contributed by atoms with van der Waals surface area (Å²) in [6, 6.07) is 25.0. The predicted octanol–water partition coefficient (Wildman–Crippen LogP) is 4.02. The Morgan fingerprint density at radius 2 is 1.44 bits per heavy atom. The molecule has 4 aromatic rings. The van der Waals surface area contributed by atoms with Gasteiger partial charge in [-0.2, -0.15) is 0 Å². The highest BCUT2D eigenvalue weighted by molar-refractivity contribution is 5.96.